The summed E-state index contributed by atoms with van der Waals surface area (Å²) in [5.41, 5.74) is 0.504. The quantitative estimate of drug-likeness (QED) is 0.712. The highest BCUT2D eigenvalue weighted by atomic mass is 16.5. The number of aliphatic carboxylic acids is 1. The summed E-state index contributed by atoms with van der Waals surface area (Å²) in [6.45, 7) is 3.87. The van der Waals surface area contributed by atoms with Crippen LogP contribution in [-0.4, -0.2) is 60.9 Å². The minimum Gasteiger partial charge on any atom is -0.490 e. The summed E-state index contributed by atoms with van der Waals surface area (Å²) in [5.74, 6) is 0.273. The number of piperidine rings is 1. The smallest absolute Gasteiger partial charge is 0.341 e. The maximum absolute atomic E-state index is 12.9. The lowest BCUT2D eigenvalue weighted by Gasteiger charge is -2.33. The third kappa shape index (κ3) is 5.60. The summed E-state index contributed by atoms with van der Waals surface area (Å²) in [6.07, 6.45) is 4.53. The van der Waals surface area contributed by atoms with Gasteiger partial charge in [-0.1, -0.05) is 0 Å². The highest BCUT2D eigenvalue weighted by molar-refractivity contribution is 5.95. The Bertz CT molecular complexity index is 672. The Morgan fingerprint density at radius 3 is 2.70 bits per heavy atom. The van der Waals surface area contributed by atoms with Gasteiger partial charge in [0.25, 0.3) is 5.91 Å². The van der Waals surface area contributed by atoms with Crippen molar-refractivity contribution in [1.29, 1.82) is 0 Å². The first-order valence-electron chi connectivity index (χ1n) is 9.59. The van der Waals surface area contributed by atoms with E-state index in [0.29, 0.717) is 42.7 Å². The minimum absolute atomic E-state index is 0.0690. The van der Waals surface area contributed by atoms with E-state index in [9.17, 15) is 9.59 Å². The van der Waals surface area contributed by atoms with E-state index in [1.165, 1.54) is 12.8 Å². The van der Waals surface area contributed by atoms with E-state index in [1.807, 2.05) is 11.8 Å². The third-order valence-electron chi connectivity index (χ3n) is 4.77. The van der Waals surface area contributed by atoms with E-state index in [4.69, 9.17) is 19.3 Å². The molecule has 0 radical (unpaired) electrons. The molecule has 0 bridgehead atoms. The summed E-state index contributed by atoms with van der Waals surface area (Å²) in [5, 5.41) is 8.78. The molecule has 27 heavy (non-hydrogen) atoms. The van der Waals surface area contributed by atoms with Crippen LogP contribution >= 0.6 is 0 Å². The molecule has 1 heterocycles. The molecule has 2 aliphatic rings. The first-order valence-corrected chi connectivity index (χ1v) is 9.59. The summed E-state index contributed by atoms with van der Waals surface area (Å²) < 4.78 is 16.7. The normalized spacial score (nSPS) is 19.6. The topological polar surface area (TPSA) is 85.3 Å². The molecule has 1 aromatic carbocycles. The van der Waals surface area contributed by atoms with Gasteiger partial charge in [0, 0.05) is 25.3 Å². The van der Waals surface area contributed by atoms with Gasteiger partial charge in [-0.25, -0.2) is 4.79 Å². The number of nitrogens with zero attached hydrogens (tertiary/aromatic N) is 1. The number of ether oxygens (including phenoxy) is 3. The van der Waals surface area contributed by atoms with Crippen LogP contribution in [0.5, 0.6) is 11.5 Å². The molecule has 1 saturated heterocycles. The first-order chi connectivity index (χ1) is 13.1. The van der Waals surface area contributed by atoms with E-state index in [1.54, 1.807) is 18.2 Å². The molecule has 0 aromatic heterocycles. The number of hydrogen-bond donors (Lipinski definition) is 1. The summed E-state index contributed by atoms with van der Waals surface area (Å²) in [4.78, 5) is 25.4. The van der Waals surface area contributed by atoms with Crippen molar-refractivity contribution in [2.24, 2.45) is 5.92 Å². The lowest BCUT2D eigenvalue weighted by Crippen LogP contribution is -2.43. The van der Waals surface area contributed by atoms with Gasteiger partial charge in [0.1, 0.15) is 0 Å². The molecule has 1 aromatic rings. The van der Waals surface area contributed by atoms with Crippen molar-refractivity contribution in [2.75, 3.05) is 32.9 Å². The van der Waals surface area contributed by atoms with Crippen molar-refractivity contribution in [3.05, 3.63) is 23.8 Å². The molecule has 7 heteroatoms. The maximum Gasteiger partial charge on any atom is 0.341 e. The fourth-order valence-electron chi connectivity index (χ4n) is 3.17. The second-order valence-corrected chi connectivity index (χ2v) is 7.07. The number of carboxylic acid groups (broad SMARTS) is 1. The average molecular weight is 377 g/mol. The van der Waals surface area contributed by atoms with Gasteiger partial charge in [-0.15, -0.1) is 0 Å². The molecular formula is C20H27NO6. The van der Waals surface area contributed by atoms with Crippen molar-refractivity contribution in [3.8, 4) is 11.5 Å². The second kappa shape index (κ2) is 9.08. The lowest BCUT2D eigenvalue weighted by molar-refractivity contribution is -0.139. The summed E-state index contributed by atoms with van der Waals surface area (Å²) in [7, 11) is 0. The molecule has 7 nitrogen and oxygen atoms in total. The number of carbonyl (C=O) groups is 2. The Labute approximate surface area is 159 Å². The van der Waals surface area contributed by atoms with E-state index < -0.39 is 12.6 Å². The van der Waals surface area contributed by atoms with Crippen molar-refractivity contribution in [3.63, 3.8) is 0 Å². The molecule has 1 aliphatic carbocycles. The number of benzene rings is 1. The van der Waals surface area contributed by atoms with Crippen LogP contribution in [0.3, 0.4) is 0 Å². The molecule has 1 aliphatic heterocycles. The zero-order valence-corrected chi connectivity index (χ0v) is 15.7. The first kappa shape index (κ1) is 19.5. The van der Waals surface area contributed by atoms with Gasteiger partial charge < -0.3 is 24.2 Å². The second-order valence-electron chi connectivity index (χ2n) is 7.07. The molecule has 3 rings (SSSR count). The van der Waals surface area contributed by atoms with Crippen LogP contribution in [0.25, 0.3) is 0 Å². The maximum atomic E-state index is 12.9. The molecule has 0 spiro atoms. The Balaban J connectivity index is 1.65. The predicted octanol–water partition coefficient (Wildman–Crippen LogP) is 2.58. The van der Waals surface area contributed by atoms with Gasteiger partial charge in [-0.3, -0.25) is 4.79 Å². The van der Waals surface area contributed by atoms with E-state index in [0.717, 1.165) is 19.4 Å². The highest BCUT2D eigenvalue weighted by Gasteiger charge is 2.28. The Hall–Kier alpha value is -2.28. The molecule has 1 amide bonds. The van der Waals surface area contributed by atoms with Crippen LogP contribution < -0.4 is 9.47 Å². The molecule has 148 valence electrons. The monoisotopic (exact) mass is 377 g/mol. The Morgan fingerprint density at radius 1 is 1.19 bits per heavy atom. The zero-order chi connectivity index (χ0) is 19.2. The lowest BCUT2D eigenvalue weighted by atomic mass is 10.1. The van der Waals surface area contributed by atoms with Crippen molar-refractivity contribution in [1.82, 2.24) is 4.90 Å². The summed E-state index contributed by atoms with van der Waals surface area (Å²) >= 11 is 0. The van der Waals surface area contributed by atoms with Crippen LogP contribution in [0.2, 0.25) is 0 Å². The highest BCUT2D eigenvalue weighted by Crippen LogP contribution is 2.31. The van der Waals surface area contributed by atoms with Crippen LogP contribution in [0, 0.1) is 5.92 Å². The number of carboxylic acids is 1. The number of carbonyl (C=O) groups excluding carboxylic acids is 1. The van der Waals surface area contributed by atoms with Crippen molar-refractivity contribution < 1.29 is 28.9 Å². The van der Waals surface area contributed by atoms with Gasteiger partial charge in [0.2, 0.25) is 0 Å². The van der Waals surface area contributed by atoms with E-state index >= 15 is 0 Å². The Morgan fingerprint density at radius 2 is 2.00 bits per heavy atom. The van der Waals surface area contributed by atoms with Crippen LogP contribution in [0.4, 0.5) is 0 Å². The van der Waals surface area contributed by atoms with E-state index in [-0.39, 0.29) is 12.0 Å². The third-order valence-corrected chi connectivity index (χ3v) is 4.77. The average Bonchev–Trinajstić information content (AvgIpc) is 3.49. The number of rotatable bonds is 9. The molecule has 1 saturated carbocycles. The summed E-state index contributed by atoms with van der Waals surface area (Å²) in [6, 6.07) is 4.86. The number of likely N-dealkylation sites (tertiary alicyclic amines) is 1. The Kier molecular flexibility index (Phi) is 6.55. The van der Waals surface area contributed by atoms with Gasteiger partial charge in [-0.05, 0) is 56.7 Å². The van der Waals surface area contributed by atoms with Crippen LogP contribution in [-0.2, 0) is 9.53 Å². The molecule has 1 unspecified atom stereocenters. The van der Waals surface area contributed by atoms with Crippen LogP contribution in [0.15, 0.2) is 18.2 Å². The molecular weight excluding hydrogens is 350 g/mol. The minimum atomic E-state index is -1.07. The fourth-order valence-corrected chi connectivity index (χ4v) is 3.17. The van der Waals surface area contributed by atoms with Crippen molar-refractivity contribution >= 4 is 11.9 Å². The van der Waals surface area contributed by atoms with E-state index in [2.05, 4.69) is 0 Å². The molecule has 1 atom stereocenters. The molecule has 1 N–H and O–H groups in total. The molecule has 2 fully saturated rings. The number of hydrogen-bond acceptors (Lipinski definition) is 5. The van der Waals surface area contributed by atoms with Gasteiger partial charge in [0.15, 0.2) is 18.1 Å². The van der Waals surface area contributed by atoms with Gasteiger partial charge >= 0.3 is 5.97 Å². The predicted molar refractivity (Wildman–Crippen MR) is 98.3 cm³/mol. The van der Waals surface area contributed by atoms with Crippen LogP contribution in [0.1, 0.15) is 43.0 Å². The van der Waals surface area contributed by atoms with Gasteiger partial charge in [-0.2, -0.15) is 0 Å². The standard InChI is InChI=1S/C20H27NO6/c1-2-25-18-10-15(7-8-17(18)27-13-19(22)23)20(24)21-9-3-4-16(11-21)26-12-14-5-6-14/h7-8,10,14,16H,2-6,9,11-13H2,1H3,(H,22,23). The number of amides is 1. The largest absolute Gasteiger partial charge is 0.490 e. The fraction of sp³-hybridized carbons (Fsp3) is 0.600. The van der Waals surface area contributed by atoms with Crippen molar-refractivity contribution in [2.45, 2.75) is 38.7 Å². The van der Waals surface area contributed by atoms with Gasteiger partial charge in [0.05, 0.1) is 12.7 Å². The zero-order valence-electron chi connectivity index (χ0n) is 15.7. The SMILES string of the molecule is CCOc1cc(C(=O)N2CCCC(OCC3CC3)C2)ccc1OCC(=O)O.